The molecular weight excluding hydrogens is 375 g/mol. The summed E-state index contributed by atoms with van der Waals surface area (Å²) in [5.74, 6) is -0.777. The Labute approximate surface area is 167 Å². The summed E-state index contributed by atoms with van der Waals surface area (Å²) in [4.78, 5) is 27.7. The van der Waals surface area contributed by atoms with E-state index in [1.807, 2.05) is 35.7 Å². The van der Waals surface area contributed by atoms with Gasteiger partial charge in [-0.15, -0.1) is 11.3 Å². The predicted molar refractivity (Wildman–Crippen MR) is 109 cm³/mol. The molecule has 3 aromatic rings. The molecule has 4 nitrogen and oxygen atoms in total. The topological polar surface area (TPSA) is 49.4 Å². The first-order valence-electron chi connectivity index (χ1n) is 8.90. The van der Waals surface area contributed by atoms with E-state index >= 15 is 0 Å². The van der Waals surface area contributed by atoms with Crippen LogP contribution < -0.4 is 5.32 Å². The summed E-state index contributed by atoms with van der Waals surface area (Å²) in [5.41, 5.74) is 1.78. The Kier molecular flexibility index (Phi) is 6.55. The maximum absolute atomic E-state index is 13.1. The highest BCUT2D eigenvalue weighted by Crippen LogP contribution is 2.12. The summed E-state index contributed by atoms with van der Waals surface area (Å²) in [7, 11) is 1.68. The summed E-state index contributed by atoms with van der Waals surface area (Å²) in [6.07, 6.45) is 0.393. The molecule has 0 aliphatic heterocycles. The fraction of sp³-hybridized carbons (Fsp3) is 0.182. The number of likely N-dealkylation sites (N-methyl/N-ethyl adjacent to an activating group) is 1. The van der Waals surface area contributed by atoms with Gasteiger partial charge in [-0.1, -0.05) is 48.5 Å². The molecule has 1 aromatic heterocycles. The van der Waals surface area contributed by atoms with Crippen LogP contribution in [0.15, 0.2) is 72.1 Å². The number of carbonyl (C=O) groups excluding carboxylic acids is 2. The zero-order valence-corrected chi connectivity index (χ0v) is 16.3. The Morgan fingerprint density at radius 3 is 2.36 bits per heavy atom. The number of carbonyl (C=O) groups is 2. The van der Waals surface area contributed by atoms with Crippen LogP contribution in [0.1, 0.15) is 20.8 Å². The summed E-state index contributed by atoms with van der Waals surface area (Å²) in [5, 5.41) is 4.69. The fourth-order valence-electron chi connectivity index (χ4n) is 2.89. The van der Waals surface area contributed by atoms with Gasteiger partial charge in [0.15, 0.2) is 0 Å². The number of hydrogen-bond acceptors (Lipinski definition) is 3. The van der Waals surface area contributed by atoms with Crippen LogP contribution in [0, 0.1) is 5.82 Å². The van der Waals surface area contributed by atoms with Crippen molar-refractivity contribution in [2.45, 2.75) is 19.0 Å². The van der Waals surface area contributed by atoms with Crippen LogP contribution >= 0.6 is 11.3 Å². The minimum atomic E-state index is -0.692. The summed E-state index contributed by atoms with van der Waals surface area (Å²) >= 11 is 1.33. The third-order valence-corrected chi connectivity index (χ3v) is 5.21. The molecule has 0 spiro atoms. The van der Waals surface area contributed by atoms with Crippen molar-refractivity contribution in [3.8, 4) is 0 Å². The number of thiophene rings is 1. The Bertz CT molecular complexity index is 911. The van der Waals surface area contributed by atoms with Gasteiger partial charge in [-0.25, -0.2) is 4.39 Å². The quantitative estimate of drug-likeness (QED) is 0.659. The number of nitrogens with one attached hydrogen (secondary N) is 1. The Morgan fingerprint density at radius 1 is 1.00 bits per heavy atom. The molecule has 1 N–H and O–H groups in total. The molecule has 0 fully saturated rings. The van der Waals surface area contributed by atoms with Crippen LogP contribution in [-0.2, 0) is 17.8 Å². The second kappa shape index (κ2) is 9.28. The minimum absolute atomic E-state index is 0.196. The van der Waals surface area contributed by atoms with Crippen molar-refractivity contribution in [2.24, 2.45) is 0 Å². The number of halogens is 1. The van der Waals surface area contributed by atoms with Gasteiger partial charge >= 0.3 is 0 Å². The molecule has 0 aliphatic carbocycles. The van der Waals surface area contributed by atoms with Crippen LogP contribution in [0.25, 0.3) is 0 Å². The zero-order valence-electron chi connectivity index (χ0n) is 15.5. The molecule has 144 valence electrons. The zero-order chi connectivity index (χ0) is 19.9. The van der Waals surface area contributed by atoms with E-state index in [1.165, 1.54) is 23.5 Å². The lowest BCUT2D eigenvalue weighted by atomic mass is 10.0. The van der Waals surface area contributed by atoms with Gasteiger partial charge in [-0.2, -0.15) is 0 Å². The normalized spacial score (nSPS) is 11.6. The Morgan fingerprint density at radius 2 is 1.71 bits per heavy atom. The second-order valence-electron chi connectivity index (χ2n) is 6.51. The lowest BCUT2D eigenvalue weighted by molar-refractivity contribution is -0.132. The summed E-state index contributed by atoms with van der Waals surface area (Å²) in [6, 6.07) is 18.4. The second-order valence-corrected chi connectivity index (χ2v) is 7.46. The van der Waals surface area contributed by atoms with Gasteiger partial charge in [-0.05, 0) is 34.7 Å². The fourth-order valence-corrected chi connectivity index (χ4v) is 3.52. The first kappa shape index (κ1) is 19.8. The average Bonchev–Trinajstić information content (AvgIpc) is 3.24. The SMILES string of the molecule is CN(Cc1ccc(F)cc1)C(=O)C(Cc1ccccc1)NC(=O)c1cccs1. The molecular formula is C22H21FN2O2S. The van der Waals surface area contributed by atoms with Gasteiger partial charge in [0.1, 0.15) is 11.9 Å². The molecule has 0 bridgehead atoms. The number of amides is 2. The minimum Gasteiger partial charge on any atom is -0.340 e. The first-order chi connectivity index (χ1) is 13.5. The number of nitrogens with zero attached hydrogens (tertiary/aromatic N) is 1. The lowest BCUT2D eigenvalue weighted by Gasteiger charge is -2.25. The van der Waals surface area contributed by atoms with Gasteiger partial charge in [0.2, 0.25) is 5.91 Å². The largest absolute Gasteiger partial charge is 0.340 e. The van der Waals surface area contributed by atoms with Gasteiger partial charge in [0.05, 0.1) is 4.88 Å². The predicted octanol–water partition coefficient (Wildman–Crippen LogP) is 3.89. The molecule has 28 heavy (non-hydrogen) atoms. The Hall–Kier alpha value is -2.99. The molecule has 3 rings (SSSR count). The standard InChI is InChI=1S/C22H21FN2O2S/c1-25(15-17-9-11-18(23)12-10-17)22(27)19(14-16-6-3-2-4-7-16)24-21(26)20-8-5-13-28-20/h2-13,19H,14-15H2,1H3,(H,24,26). The van der Waals surface area contributed by atoms with Gasteiger partial charge < -0.3 is 10.2 Å². The van der Waals surface area contributed by atoms with Crippen molar-refractivity contribution in [3.05, 3.63) is 93.9 Å². The van der Waals surface area contributed by atoms with Crippen molar-refractivity contribution in [2.75, 3.05) is 7.05 Å². The van der Waals surface area contributed by atoms with E-state index in [2.05, 4.69) is 5.32 Å². The maximum atomic E-state index is 13.1. The number of rotatable bonds is 7. The van der Waals surface area contributed by atoms with E-state index in [0.717, 1.165) is 11.1 Å². The smallest absolute Gasteiger partial charge is 0.262 e. The van der Waals surface area contributed by atoms with Crippen LogP contribution in [0.5, 0.6) is 0 Å². The van der Waals surface area contributed by atoms with Crippen molar-refractivity contribution in [3.63, 3.8) is 0 Å². The molecule has 6 heteroatoms. The molecule has 0 saturated carbocycles. The van der Waals surface area contributed by atoms with E-state index < -0.39 is 6.04 Å². The molecule has 0 radical (unpaired) electrons. The highest BCUT2D eigenvalue weighted by molar-refractivity contribution is 7.12. The molecule has 0 aliphatic rings. The molecule has 0 saturated heterocycles. The van der Waals surface area contributed by atoms with Crippen LogP contribution in [0.4, 0.5) is 4.39 Å². The van der Waals surface area contributed by atoms with Crippen LogP contribution in [0.2, 0.25) is 0 Å². The van der Waals surface area contributed by atoms with E-state index in [1.54, 1.807) is 36.2 Å². The van der Waals surface area contributed by atoms with E-state index in [9.17, 15) is 14.0 Å². The highest BCUT2D eigenvalue weighted by atomic mass is 32.1. The Balaban J connectivity index is 1.74. The van der Waals surface area contributed by atoms with Crippen LogP contribution in [0.3, 0.4) is 0 Å². The van der Waals surface area contributed by atoms with Crippen molar-refractivity contribution in [1.82, 2.24) is 10.2 Å². The summed E-state index contributed by atoms with van der Waals surface area (Å²) < 4.78 is 13.1. The van der Waals surface area contributed by atoms with Gasteiger partial charge in [0.25, 0.3) is 5.91 Å². The number of benzene rings is 2. The summed E-state index contributed by atoms with van der Waals surface area (Å²) in [6.45, 7) is 0.333. The highest BCUT2D eigenvalue weighted by Gasteiger charge is 2.25. The van der Waals surface area contributed by atoms with Crippen molar-refractivity contribution >= 4 is 23.2 Å². The van der Waals surface area contributed by atoms with E-state index in [0.29, 0.717) is 17.8 Å². The van der Waals surface area contributed by atoms with E-state index in [4.69, 9.17) is 0 Å². The van der Waals surface area contributed by atoms with Crippen LogP contribution in [-0.4, -0.2) is 29.8 Å². The molecule has 1 atom stereocenters. The molecule has 2 amide bonds. The third kappa shape index (κ3) is 5.27. The lowest BCUT2D eigenvalue weighted by Crippen LogP contribution is -2.48. The van der Waals surface area contributed by atoms with Crippen molar-refractivity contribution in [1.29, 1.82) is 0 Å². The molecule has 2 aromatic carbocycles. The molecule has 1 heterocycles. The van der Waals surface area contributed by atoms with Gasteiger partial charge in [-0.3, -0.25) is 9.59 Å². The van der Waals surface area contributed by atoms with Gasteiger partial charge in [0, 0.05) is 20.0 Å². The first-order valence-corrected chi connectivity index (χ1v) is 9.78. The maximum Gasteiger partial charge on any atom is 0.262 e. The average molecular weight is 396 g/mol. The monoisotopic (exact) mass is 396 g/mol. The molecule has 1 unspecified atom stereocenters. The number of hydrogen-bond donors (Lipinski definition) is 1. The third-order valence-electron chi connectivity index (χ3n) is 4.34. The van der Waals surface area contributed by atoms with E-state index in [-0.39, 0.29) is 17.6 Å². The van der Waals surface area contributed by atoms with Crippen molar-refractivity contribution < 1.29 is 14.0 Å².